The molecule has 16 heavy (non-hydrogen) atoms. The highest BCUT2D eigenvalue weighted by molar-refractivity contribution is 14.1. The second kappa shape index (κ2) is 5.15. The van der Waals surface area contributed by atoms with Gasteiger partial charge in [-0.2, -0.15) is 0 Å². The molecule has 0 aliphatic rings. The summed E-state index contributed by atoms with van der Waals surface area (Å²) in [7, 11) is 0. The molecule has 90 valence electrons. The van der Waals surface area contributed by atoms with E-state index < -0.39 is 18.8 Å². The van der Waals surface area contributed by atoms with Crippen LogP contribution in [0.3, 0.4) is 0 Å². The summed E-state index contributed by atoms with van der Waals surface area (Å²) in [5, 5.41) is 8.81. The highest BCUT2D eigenvalue weighted by Gasteiger charge is 2.33. The average molecular weight is 348 g/mol. The zero-order chi connectivity index (χ0) is 12.3. The van der Waals surface area contributed by atoms with Crippen LogP contribution in [0.25, 0.3) is 0 Å². The summed E-state index contributed by atoms with van der Waals surface area (Å²) in [5.74, 6) is -0.606. The Bertz CT molecular complexity index is 384. The van der Waals surface area contributed by atoms with Crippen LogP contribution in [0.15, 0.2) is 6.07 Å². The molecule has 0 bridgehead atoms. The first-order chi connectivity index (χ1) is 7.37. The van der Waals surface area contributed by atoms with Crippen molar-refractivity contribution >= 4 is 22.6 Å². The number of aliphatic hydroxyl groups excluding tert-OH is 1. The van der Waals surface area contributed by atoms with Crippen LogP contribution < -0.4 is 10.5 Å². The van der Waals surface area contributed by atoms with Crippen molar-refractivity contribution in [2.75, 3.05) is 0 Å². The topological polar surface area (TPSA) is 68.4 Å². The number of aromatic nitrogens is 1. The quantitative estimate of drug-likeness (QED) is 0.814. The van der Waals surface area contributed by atoms with Gasteiger partial charge in [-0.25, -0.2) is 4.98 Å². The fourth-order valence-corrected chi connectivity index (χ4v) is 1.84. The number of ether oxygens (including phenoxy) is 1. The smallest absolute Gasteiger partial charge is 0.390 e. The van der Waals surface area contributed by atoms with Crippen molar-refractivity contribution in [1.82, 2.24) is 4.98 Å². The maximum Gasteiger partial charge on any atom is 0.574 e. The van der Waals surface area contributed by atoms with Crippen molar-refractivity contribution in [3.63, 3.8) is 0 Å². The van der Waals surface area contributed by atoms with E-state index in [2.05, 4.69) is 9.72 Å². The van der Waals surface area contributed by atoms with Crippen LogP contribution in [0.5, 0.6) is 5.88 Å². The number of nitrogens with two attached hydrogens (primary N) is 1. The molecule has 0 aliphatic carbocycles. The lowest BCUT2D eigenvalue weighted by Crippen LogP contribution is -2.20. The Morgan fingerprint density at radius 2 is 2.12 bits per heavy atom. The molecule has 4 nitrogen and oxygen atoms in total. The minimum atomic E-state index is -4.83. The van der Waals surface area contributed by atoms with Crippen molar-refractivity contribution < 1.29 is 23.0 Å². The molecule has 0 spiro atoms. The van der Waals surface area contributed by atoms with Crippen molar-refractivity contribution in [3.8, 4) is 5.88 Å². The highest BCUT2D eigenvalue weighted by Crippen LogP contribution is 2.28. The van der Waals surface area contributed by atoms with Gasteiger partial charge in [-0.05, 0) is 28.7 Å². The maximum atomic E-state index is 12.1. The molecule has 8 heteroatoms. The molecule has 1 aromatic heterocycles. The summed E-state index contributed by atoms with van der Waals surface area (Å²) in [4.78, 5) is 3.53. The van der Waals surface area contributed by atoms with Gasteiger partial charge in [-0.1, -0.05) is 0 Å². The molecular formula is C8H8F3IN2O2. The summed E-state index contributed by atoms with van der Waals surface area (Å²) in [6, 6.07) is 1.45. The summed E-state index contributed by atoms with van der Waals surface area (Å²) >= 11 is 1.81. The molecule has 1 heterocycles. The van der Waals surface area contributed by atoms with E-state index in [9.17, 15) is 13.2 Å². The molecule has 0 aromatic carbocycles. The number of halogens is 4. The fraction of sp³-hybridized carbons (Fsp3) is 0.375. The molecule has 0 fully saturated rings. The van der Waals surface area contributed by atoms with Gasteiger partial charge in [0, 0.05) is 15.7 Å². The number of hydrogen-bond acceptors (Lipinski definition) is 4. The second-order valence-electron chi connectivity index (χ2n) is 2.79. The van der Waals surface area contributed by atoms with E-state index in [1.807, 2.05) is 22.6 Å². The molecule has 0 atom stereocenters. The van der Waals surface area contributed by atoms with E-state index in [4.69, 9.17) is 10.8 Å². The Morgan fingerprint density at radius 3 is 2.56 bits per heavy atom. The molecule has 1 aromatic rings. The van der Waals surface area contributed by atoms with Gasteiger partial charge < -0.3 is 15.6 Å². The fourth-order valence-electron chi connectivity index (χ4n) is 1.03. The van der Waals surface area contributed by atoms with Gasteiger partial charge in [0.1, 0.15) is 0 Å². The molecule has 0 radical (unpaired) electrons. The Kier molecular flexibility index (Phi) is 4.33. The van der Waals surface area contributed by atoms with Gasteiger partial charge in [-0.15, -0.1) is 13.2 Å². The van der Waals surface area contributed by atoms with Gasteiger partial charge in [0.2, 0.25) is 5.88 Å². The lowest BCUT2D eigenvalue weighted by Gasteiger charge is -2.13. The van der Waals surface area contributed by atoms with Crippen molar-refractivity contribution in [3.05, 3.63) is 20.9 Å². The predicted molar refractivity (Wildman–Crippen MR) is 57.5 cm³/mol. The standard InChI is InChI=1S/C8H8F3IN2O2/c9-8(10,11)16-7-5(2-13)6(12)1-4(3-15)14-7/h1,15H,2-3,13H2. The van der Waals surface area contributed by atoms with E-state index in [0.717, 1.165) is 0 Å². The Hall–Kier alpha value is -0.610. The predicted octanol–water partition coefficient (Wildman–Crippen LogP) is 1.54. The number of alkyl halides is 3. The van der Waals surface area contributed by atoms with Crippen molar-refractivity contribution in [2.45, 2.75) is 19.5 Å². The molecular weight excluding hydrogens is 340 g/mol. The molecule has 1 rings (SSSR count). The second-order valence-corrected chi connectivity index (χ2v) is 3.95. The Balaban J connectivity index is 3.18. The van der Waals surface area contributed by atoms with Crippen molar-refractivity contribution in [2.24, 2.45) is 5.73 Å². The molecule has 0 aliphatic heterocycles. The summed E-state index contributed by atoms with van der Waals surface area (Å²) in [5.41, 5.74) is 5.57. The Morgan fingerprint density at radius 1 is 1.50 bits per heavy atom. The van der Waals surface area contributed by atoms with Gasteiger partial charge in [0.15, 0.2) is 0 Å². The third kappa shape index (κ3) is 3.46. The highest BCUT2D eigenvalue weighted by atomic mass is 127. The molecule has 0 amide bonds. The number of aliphatic hydroxyl groups is 1. The van der Waals surface area contributed by atoms with E-state index in [0.29, 0.717) is 3.57 Å². The normalized spacial score (nSPS) is 11.6. The zero-order valence-corrected chi connectivity index (χ0v) is 10.0. The largest absolute Gasteiger partial charge is 0.574 e. The van der Waals surface area contributed by atoms with Gasteiger partial charge in [0.05, 0.1) is 12.3 Å². The first kappa shape index (κ1) is 13.5. The van der Waals surface area contributed by atoms with Gasteiger partial charge in [-0.3, -0.25) is 0 Å². The van der Waals surface area contributed by atoms with Gasteiger partial charge in [0.25, 0.3) is 0 Å². The van der Waals surface area contributed by atoms with E-state index in [-0.39, 0.29) is 17.8 Å². The van der Waals surface area contributed by atoms with E-state index >= 15 is 0 Å². The minimum Gasteiger partial charge on any atom is -0.390 e. The minimum absolute atomic E-state index is 0.0980. The van der Waals surface area contributed by atoms with Crippen molar-refractivity contribution in [1.29, 1.82) is 0 Å². The lowest BCUT2D eigenvalue weighted by atomic mass is 10.2. The molecule has 0 saturated heterocycles. The first-order valence-electron chi connectivity index (χ1n) is 4.12. The maximum absolute atomic E-state index is 12.1. The van der Waals surface area contributed by atoms with Crippen LogP contribution in [-0.4, -0.2) is 16.5 Å². The van der Waals surface area contributed by atoms with E-state index in [1.54, 1.807) is 0 Å². The van der Waals surface area contributed by atoms with Crippen LogP contribution in [-0.2, 0) is 13.2 Å². The van der Waals surface area contributed by atoms with Crippen LogP contribution >= 0.6 is 22.6 Å². The van der Waals surface area contributed by atoms with Crippen LogP contribution in [0.2, 0.25) is 0 Å². The third-order valence-corrected chi connectivity index (χ3v) is 2.63. The summed E-state index contributed by atoms with van der Waals surface area (Å²) in [6.45, 7) is -0.586. The van der Waals surface area contributed by atoms with Crippen LogP contribution in [0.4, 0.5) is 13.2 Å². The van der Waals surface area contributed by atoms with E-state index in [1.165, 1.54) is 6.07 Å². The van der Waals surface area contributed by atoms with Crippen LogP contribution in [0.1, 0.15) is 11.3 Å². The third-order valence-electron chi connectivity index (χ3n) is 1.66. The number of rotatable bonds is 3. The number of pyridine rings is 1. The number of nitrogens with zero attached hydrogens (tertiary/aromatic N) is 1. The molecule has 3 N–H and O–H groups in total. The first-order valence-corrected chi connectivity index (χ1v) is 5.20. The number of hydrogen-bond donors (Lipinski definition) is 2. The lowest BCUT2D eigenvalue weighted by molar-refractivity contribution is -0.276. The van der Waals surface area contributed by atoms with Crippen LogP contribution in [0, 0.1) is 3.57 Å². The average Bonchev–Trinajstić information content (AvgIpc) is 2.14. The van der Waals surface area contributed by atoms with Gasteiger partial charge >= 0.3 is 6.36 Å². The monoisotopic (exact) mass is 348 g/mol. The summed E-state index contributed by atoms with van der Waals surface area (Å²) < 4.78 is 40.4. The molecule has 0 saturated carbocycles. The zero-order valence-electron chi connectivity index (χ0n) is 7.88. The summed E-state index contributed by atoms with van der Waals surface area (Å²) in [6.07, 6.45) is -4.83. The SMILES string of the molecule is NCc1c(I)cc(CO)nc1OC(F)(F)F. The Labute approximate surface area is 103 Å². The molecule has 0 unspecified atom stereocenters.